The molecule has 1 heterocycles. The van der Waals surface area contributed by atoms with Crippen molar-refractivity contribution in [1.29, 1.82) is 0 Å². The fraction of sp³-hybridized carbons (Fsp3) is 0.526. The number of ether oxygens (including phenoxy) is 1. The molecule has 0 radical (unpaired) electrons. The fourth-order valence-corrected chi connectivity index (χ4v) is 2.75. The topological polar surface area (TPSA) is 76.3 Å². The number of aromatic nitrogens is 2. The maximum atomic E-state index is 10.1. The molecular weight excluding hydrogens is 401 g/mol. The lowest BCUT2D eigenvalue weighted by Gasteiger charge is -2.32. The zero-order valence-electron chi connectivity index (χ0n) is 17.2. The molecule has 0 amide bonds. The average molecular weight is 434 g/mol. The quantitative estimate of drug-likeness (QED) is 0.153. The number of rotatable bonds is 10. The Labute approximate surface area is 180 Å². The third-order valence-corrected chi connectivity index (χ3v) is 5.06. The van der Waals surface area contributed by atoms with E-state index >= 15 is 0 Å². The van der Waals surface area contributed by atoms with E-state index in [0.29, 0.717) is 24.6 Å². The van der Waals surface area contributed by atoms with Gasteiger partial charge in [0.2, 0.25) is 6.33 Å². The molecule has 28 heavy (non-hydrogen) atoms. The lowest BCUT2D eigenvalue weighted by atomic mass is 10.2. The van der Waals surface area contributed by atoms with Crippen LogP contribution in [0.3, 0.4) is 0 Å². The second-order valence-electron chi connectivity index (χ2n) is 6.97. The number of quaternary nitrogens is 1. The van der Waals surface area contributed by atoms with Crippen LogP contribution in [0.25, 0.3) is 0 Å². The molecule has 0 atom stereocenters. The summed E-state index contributed by atoms with van der Waals surface area (Å²) in [5.74, 6) is 0.510. The van der Waals surface area contributed by atoms with Gasteiger partial charge in [0.25, 0.3) is 0 Å². The zero-order chi connectivity index (χ0) is 19.2. The van der Waals surface area contributed by atoms with E-state index in [1.54, 1.807) is 12.1 Å². The van der Waals surface area contributed by atoms with Crippen molar-refractivity contribution in [3.63, 3.8) is 0 Å². The number of aromatic hydroxyl groups is 1. The summed E-state index contributed by atoms with van der Waals surface area (Å²) in [6, 6.07) is 3.32. The minimum atomic E-state index is 0. The van der Waals surface area contributed by atoms with Crippen molar-refractivity contribution in [2.24, 2.45) is 7.05 Å². The van der Waals surface area contributed by atoms with E-state index in [0.717, 1.165) is 36.3 Å². The van der Waals surface area contributed by atoms with Crippen molar-refractivity contribution in [1.82, 2.24) is 4.57 Å². The maximum Gasteiger partial charge on any atom is 0.243 e. The first-order chi connectivity index (χ1) is 12.4. The number of hydrogen-bond donors (Lipinski definition) is 3. The highest BCUT2D eigenvalue weighted by Gasteiger charge is 2.16. The van der Waals surface area contributed by atoms with Crippen LogP contribution in [0.15, 0.2) is 30.9 Å². The number of nitrogens with zero attached hydrogens (tertiary/aromatic N) is 3. The molecule has 2 aromatic rings. The van der Waals surface area contributed by atoms with Crippen LogP contribution in [0.1, 0.15) is 13.8 Å². The molecule has 0 aliphatic heterocycles. The van der Waals surface area contributed by atoms with E-state index in [1.807, 2.05) is 34.9 Å². The number of imidazole rings is 1. The summed E-state index contributed by atoms with van der Waals surface area (Å²) >= 11 is 0. The van der Waals surface area contributed by atoms with Gasteiger partial charge in [0.1, 0.15) is 25.5 Å². The summed E-state index contributed by atoms with van der Waals surface area (Å²) in [6.07, 6.45) is 5.94. The third kappa shape index (κ3) is 7.30. The monoisotopic (exact) mass is 433 g/mol. The molecule has 9 heteroatoms. The molecule has 0 saturated carbocycles. The van der Waals surface area contributed by atoms with Gasteiger partial charge in [0, 0.05) is 12.1 Å². The minimum absolute atomic E-state index is 0. The molecule has 0 unspecified atom stereocenters. The number of aryl methyl sites for hydroxylation is 1. The molecule has 1 aromatic carbocycles. The first-order valence-corrected chi connectivity index (χ1v) is 9.20. The molecule has 0 aliphatic rings. The zero-order valence-corrected chi connectivity index (χ0v) is 18.7. The lowest BCUT2D eigenvalue weighted by molar-refractivity contribution is -0.904. The number of hydrogen-bond acceptors (Lipinski definition) is 4. The number of phenols is 1. The van der Waals surface area contributed by atoms with Crippen molar-refractivity contribution in [3.05, 3.63) is 30.9 Å². The SMILES string of the molecule is CC[N+](C)(CC)CCNc1cc(OCCn2cc[n+](C)c2)c(O)cc1N.[Cl-].[Cl-]. The summed E-state index contributed by atoms with van der Waals surface area (Å²) in [7, 11) is 4.22. The molecule has 0 aliphatic carbocycles. The Balaban J connectivity index is 0.00000364. The van der Waals surface area contributed by atoms with Gasteiger partial charge in [0.15, 0.2) is 11.5 Å². The van der Waals surface area contributed by atoms with E-state index in [2.05, 4.69) is 26.2 Å². The molecule has 7 nitrogen and oxygen atoms in total. The van der Waals surface area contributed by atoms with E-state index < -0.39 is 0 Å². The molecular formula is C19H33Cl2N5O2. The molecule has 160 valence electrons. The van der Waals surface area contributed by atoms with E-state index in [4.69, 9.17) is 10.5 Å². The van der Waals surface area contributed by atoms with Gasteiger partial charge in [-0.2, -0.15) is 0 Å². The number of nitrogens with one attached hydrogen (secondary N) is 1. The summed E-state index contributed by atoms with van der Waals surface area (Å²) in [5.41, 5.74) is 7.36. The summed E-state index contributed by atoms with van der Waals surface area (Å²) < 4.78 is 10.8. The average Bonchev–Trinajstić information content (AvgIpc) is 3.03. The van der Waals surface area contributed by atoms with E-state index in [9.17, 15) is 5.11 Å². The summed E-state index contributed by atoms with van der Waals surface area (Å²) in [6.45, 7) is 9.58. The van der Waals surface area contributed by atoms with Crippen LogP contribution in [-0.2, 0) is 13.6 Å². The van der Waals surface area contributed by atoms with Crippen molar-refractivity contribution >= 4 is 11.4 Å². The lowest BCUT2D eigenvalue weighted by Crippen LogP contribution is -3.00. The minimum Gasteiger partial charge on any atom is -1.00 e. The van der Waals surface area contributed by atoms with Gasteiger partial charge in [-0.3, -0.25) is 0 Å². The van der Waals surface area contributed by atoms with Crippen LogP contribution in [0.4, 0.5) is 11.4 Å². The molecule has 2 rings (SSSR count). The predicted molar refractivity (Wildman–Crippen MR) is 104 cm³/mol. The Kier molecular flexibility index (Phi) is 11.1. The molecule has 0 spiro atoms. The second kappa shape index (κ2) is 11.9. The number of anilines is 2. The van der Waals surface area contributed by atoms with Gasteiger partial charge in [-0.25, -0.2) is 9.13 Å². The normalized spacial score (nSPS) is 10.7. The van der Waals surface area contributed by atoms with Crippen LogP contribution >= 0.6 is 0 Å². The molecule has 0 bridgehead atoms. The van der Waals surface area contributed by atoms with Crippen molar-refractivity contribution in [3.8, 4) is 11.5 Å². The van der Waals surface area contributed by atoms with Crippen LogP contribution < -0.4 is 45.2 Å². The fourth-order valence-electron chi connectivity index (χ4n) is 2.75. The third-order valence-electron chi connectivity index (χ3n) is 5.06. The molecule has 1 aromatic heterocycles. The van der Waals surface area contributed by atoms with Gasteiger partial charge in [-0.15, -0.1) is 0 Å². The van der Waals surface area contributed by atoms with Gasteiger partial charge in [-0.1, -0.05) is 0 Å². The van der Waals surface area contributed by atoms with Crippen LogP contribution in [0, 0.1) is 0 Å². The van der Waals surface area contributed by atoms with Gasteiger partial charge in [0.05, 0.1) is 51.6 Å². The second-order valence-corrected chi connectivity index (χ2v) is 6.97. The Hall–Kier alpha value is -1.83. The number of likely N-dealkylation sites (N-methyl/N-ethyl adjacent to an activating group) is 1. The Bertz CT molecular complexity index is 720. The number of phenolic OH excluding ortho intramolecular Hbond substituents is 1. The summed E-state index contributed by atoms with van der Waals surface area (Å²) in [4.78, 5) is 0. The Morgan fingerprint density at radius 1 is 1.25 bits per heavy atom. The van der Waals surface area contributed by atoms with Crippen molar-refractivity contribution < 1.29 is 43.7 Å². The van der Waals surface area contributed by atoms with Crippen molar-refractivity contribution in [2.45, 2.75) is 20.4 Å². The standard InChI is InChI=1S/C19H32N5O2.2ClH/c1-5-24(4,6-2)11-7-21-17-14-19(18(25)13-16(17)20)26-12-10-23-9-8-22(3)15-23;;/h8-9,13-15,21H,5-7,10-12,20H2,1-4H3;2*1H/q+1;;/p-1. The van der Waals surface area contributed by atoms with Crippen molar-refractivity contribution in [2.75, 3.05) is 50.9 Å². The van der Waals surface area contributed by atoms with Gasteiger partial charge in [-0.05, 0) is 13.8 Å². The number of benzene rings is 1. The summed E-state index contributed by atoms with van der Waals surface area (Å²) in [5, 5.41) is 13.5. The smallest absolute Gasteiger partial charge is 0.243 e. The van der Waals surface area contributed by atoms with Crippen LogP contribution in [0.5, 0.6) is 11.5 Å². The molecule has 4 N–H and O–H groups in total. The van der Waals surface area contributed by atoms with Gasteiger partial charge < -0.3 is 50.2 Å². The number of halogens is 2. The van der Waals surface area contributed by atoms with E-state index in [-0.39, 0.29) is 30.6 Å². The van der Waals surface area contributed by atoms with Gasteiger partial charge >= 0.3 is 0 Å². The first kappa shape index (κ1) is 26.2. The number of nitrogen functional groups attached to an aromatic ring is 1. The highest BCUT2D eigenvalue weighted by atomic mass is 35.5. The Morgan fingerprint density at radius 2 is 1.93 bits per heavy atom. The Morgan fingerprint density at radius 3 is 2.50 bits per heavy atom. The first-order valence-electron chi connectivity index (χ1n) is 9.20. The predicted octanol–water partition coefficient (Wildman–Crippen LogP) is -4.41. The van der Waals surface area contributed by atoms with E-state index in [1.165, 1.54) is 0 Å². The highest BCUT2D eigenvalue weighted by molar-refractivity contribution is 5.71. The maximum absolute atomic E-state index is 10.1. The highest BCUT2D eigenvalue weighted by Crippen LogP contribution is 2.34. The molecule has 0 saturated heterocycles. The molecule has 0 fully saturated rings. The van der Waals surface area contributed by atoms with Crippen LogP contribution in [0.2, 0.25) is 0 Å². The largest absolute Gasteiger partial charge is 1.00 e. The van der Waals surface area contributed by atoms with Crippen LogP contribution in [-0.4, -0.2) is 54.0 Å². The number of nitrogens with two attached hydrogens (primary N) is 1.